The van der Waals surface area contributed by atoms with Crippen LogP contribution in [0.1, 0.15) is 26.0 Å². The van der Waals surface area contributed by atoms with Gasteiger partial charge in [-0.1, -0.05) is 11.6 Å². The molecular formula is C27H29ClN6O4. The van der Waals surface area contributed by atoms with E-state index in [2.05, 4.69) is 20.2 Å². The molecule has 198 valence electrons. The van der Waals surface area contributed by atoms with Crippen LogP contribution in [-0.2, 0) is 9.47 Å². The normalized spacial score (nSPS) is 21.4. The van der Waals surface area contributed by atoms with Gasteiger partial charge >= 0.3 is 6.03 Å². The summed E-state index contributed by atoms with van der Waals surface area (Å²) >= 11 is 6.68. The summed E-state index contributed by atoms with van der Waals surface area (Å²) in [6.07, 6.45) is 4.00. The Kier molecular flexibility index (Phi) is 6.33. The molecule has 3 aliphatic rings. The van der Waals surface area contributed by atoms with Gasteiger partial charge < -0.3 is 19.1 Å². The molecule has 1 unspecified atom stereocenters. The van der Waals surface area contributed by atoms with Crippen LogP contribution in [0.2, 0.25) is 5.02 Å². The third-order valence-corrected chi connectivity index (χ3v) is 7.18. The Balaban J connectivity index is 1.23. The molecule has 3 aromatic heterocycles. The van der Waals surface area contributed by atoms with E-state index >= 15 is 0 Å². The van der Waals surface area contributed by atoms with E-state index < -0.39 is 5.79 Å². The van der Waals surface area contributed by atoms with E-state index in [0.29, 0.717) is 41.3 Å². The van der Waals surface area contributed by atoms with Gasteiger partial charge in [0.2, 0.25) is 0 Å². The van der Waals surface area contributed by atoms with E-state index in [0.717, 1.165) is 36.5 Å². The lowest BCUT2D eigenvalue weighted by Crippen LogP contribution is -2.48. The molecule has 2 saturated heterocycles. The molecule has 0 aliphatic carbocycles. The van der Waals surface area contributed by atoms with Crippen molar-refractivity contribution in [2.45, 2.75) is 45.1 Å². The third kappa shape index (κ3) is 4.87. The van der Waals surface area contributed by atoms with E-state index in [1.165, 1.54) is 0 Å². The van der Waals surface area contributed by atoms with E-state index in [1.54, 1.807) is 29.4 Å². The quantitative estimate of drug-likeness (QED) is 0.502. The molecule has 10 nitrogen and oxygen atoms in total. The molecule has 0 radical (unpaired) electrons. The molecule has 0 aromatic carbocycles. The number of carbonyl (C=O) groups excluding carboxylic acids is 1. The summed E-state index contributed by atoms with van der Waals surface area (Å²) < 4.78 is 17.3. The van der Waals surface area contributed by atoms with Crippen molar-refractivity contribution in [2.75, 3.05) is 41.4 Å². The van der Waals surface area contributed by atoms with Gasteiger partial charge in [0.25, 0.3) is 0 Å². The van der Waals surface area contributed by atoms with E-state index in [4.69, 9.17) is 30.8 Å². The Morgan fingerprint density at radius 2 is 2.08 bits per heavy atom. The lowest BCUT2D eigenvalue weighted by molar-refractivity contribution is -0.141. The van der Waals surface area contributed by atoms with Crippen LogP contribution in [0.5, 0.6) is 5.75 Å². The lowest BCUT2D eigenvalue weighted by atomic mass is 10.1. The summed E-state index contributed by atoms with van der Waals surface area (Å²) in [7, 11) is 0. The number of urea groups is 1. The van der Waals surface area contributed by atoms with Crippen LogP contribution in [0.15, 0.2) is 42.7 Å². The molecular weight excluding hydrogens is 508 g/mol. The lowest BCUT2D eigenvalue weighted by Gasteiger charge is -2.36. The molecule has 3 aromatic rings. The first-order chi connectivity index (χ1) is 18.3. The number of amides is 2. The molecule has 0 spiro atoms. The van der Waals surface area contributed by atoms with Gasteiger partial charge in [-0.3, -0.25) is 15.2 Å². The number of hydrogen-bond donors (Lipinski definition) is 1. The van der Waals surface area contributed by atoms with Gasteiger partial charge in [0.1, 0.15) is 24.3 Å². The Bertz CT molecular complexity index is 1390. The van der Waals surface area contributed by atoms with Gasteiger partial charge in [-0.25, -0.2) is 14.8 Å². The van der Waals surface area contributed by atoms with Crippen molar-refractivity contribution in [3.63, 3.8) is 0 Å². The number of nitrogens with zero attached hydrogens (tertiary/aromatic N) is 5. The van der Waals surface area contributed by atoms with Crippen LogP contribution < -0.4 is 19.9 Å². The molecule has 38 heavy (non-hydrogen) atoms. The zero-order valence-corrected chi connectivity index (χ0v) is 22.2. The minimum absolute atomic E-state index is 0.00879. The maximum absolute atomic E-state index is 13.7. The van der Waals surface area contributed by atoms with Gasteiger partial charge in [-0.2, -0.15) is 0 Å². The zero-order valence-electron chi connectivity index (χ0n) is 21.5. The zero-order chi connectivity index (χ0) is 26.4. The third-order valence-electron chi connectivity index (χ3n) is 6.89. The van der Waals surface area contributed by atoms with Crippen LogP contribution >= 0.6 is 11.6 Å². The maximum atomic E-state index is 13.7. The van der Waals surface area contributed by atoms with Crippen molar-refractivity contribution in [3.05, 3.63) is 53.4 Å². The first kappa shape index (κ1) is 24.8. The molecule has 2 fully saturated rings. The second-order valence-electron chi connectivity index (χ2n) is 10.2. The fourth-order valence-corrected chi connectivity index (χ4v) is 5.41. The average Bonchev–Trinajstić information content (AvgIpc) is 3.46. The van der Waals surface area contributed by atoms with Crippen molar-refractivity contribution in [1.29, 1.82) is 0 Å². The Morgan fingerprint density at radius 1 is 1.24 bits per heavy atom. The van der Waals surface area contributed by atoms with Gasteiger partial charge in [0.05, 0.1) is 29.1 Å². The number of fused-ring (bicyclic) bond motifs is 4. The smallest absolute Gasteiger partial charge is 0.329 e. The van der Waals surface area contributed by atoms with Gasteiger partial charge in [0.15, 0.2) is 11.6 Å². The van der Waals surface area contributed by atoms with Crippen molar-refractivity contribution >= 4 is 35.0 Å². The van der Waals surface area contributed by atoms with Crippen LogP contribution in [0.25, 0.3) is 11.3 Å². The minimum Gasteiger partial charge on any atom is -0.491 e. The summed E-state index contributed by atoms with van der Waals surface area (Å²) in [5, 5.41) is 3.47. The number of aryl methyl sites for hydroxylation is 1. The summed E-state index contributed by atoms with van der Waals surface area (Å²) in [4.78, 5) is 31.1. The number of rotatable bonds is 5. The highest BCUT2D eigenvalue weighted by molar-refractivity contribution is 6.33. The average molecular weight is 537 g/mol. The van der Waals surface area contributed by atoms with Crippen molar-refractivity contribution in [2.24, 2.45) is 0 Å². The Hall–Kier alpha value is -3.47. The summed E-state index contributed by atoms with van der Waals surface area (Å²) in [5.41, 5.74) is 3.18. The molecule has 2 bridgehead atoms. The van der Waals surface area contributed by atoms with E-state index in [9.17, 15) is 4.79 Å². The number of halogens is 1. The number of anilines is 3. The second-order valence-corrected chi connectivity index (χ2v) is 10.6. The molecule has 6 rings (SSSR count). The van der Waals surface area contributed by atoms with Gasteiger partial charge in [0, 0.05) is 42.8 Å². The van der Waals surface area contributed by atoms with E-state index in [1.807, 2.05) is 39.0 Å². The Labute approximate surface area is 225 Å². The number of carbonyl (C=O) groups is 1. The van der Waals surface area contributed by atoms with Gasteiger partial charge in [-0.15, -0.1) is 0 Å². The molecule has 0 saturated carbocycles. The molecule has 3 aliphatic heterocycles. The number of hydrogen-bond acceptors (Lipinski definition) is 8. The summed E-state index contributed by atoms with van der Waals surface area (Å²) in [6, 6.07) is 8.84. The van der Waals surface area contributed by atoms with E-state index in [-0.39, 0.29) is 18.2 Å². The van der Waals surface area contributed by atoms with Crippen LogP contribution in [0.4, 0.5) is 22.1 Å². The monoisotopic (exact) mass is 536 g/mol. The second kappa shape index (κ2) is 9.68. The number of pyridine rings is 3. The topological polar surface area (TPSA) is 102 Å². The number of aromatic nitrogens is 3. The highest BCUT2D eigenvalue weighted by atomic mass is 35.5. The summed E-state index contributed by atoms with van der Waals surface area (Å²) in [5.74, 6) is 0.936. The largest absolute Gasteiger partial charge is 0.491 e. The first-order valence-electron chi connectivity index (χ1n) is 12.6. The fourth-order valence-electron chi connectivity index (χ4n) is 5.15. The summed E-state index contributed by atoms with van der Waals surface area (Å²) in [6.45, 7) is 8.02. The van der Waals surface area contributed by atoms with Crippen LogP contribution in [-0.4, -0.2) is 65.2 Å². The Morgan fingerprint density at radius 3 is 2.87 bits per heavy atom. The maximum Gasteiger partial charge on any atom is 0.329 e. The molecule has 6 heterocycles. The minimum atomic E-state index is -0.611. The first-order valence-corrected chi connectivity index (χ1v) is 13.0. The van der Waals surface area contributed by atoms with Crippen molar-refractivity contribution in [3.8, 4) is 17.0 Å². The molecule has 1 N–H and O–H groups in total. The number of nitrogens with one attached hydrogen (secondary N) is 1. The predicted octanol–water partition coefficient (Wildman–Crippen LogP) is 4.66. The van der Waals surface area contributed by atoms with Crippen LogP contribution in [0.3, 0.4) is 0 Å². The molecule has 2 amide bonds. The van der Waals surface area contributed by atoms with Crippen molar-refractivity contribution < 1.29 is 19.0 Å². The highest BCUT2D eigenvalue weighted by Gasteiger charge is 2.41. The SMILES string of the molecule is Cc1cc(-c2nc3c(cc2Cl)N2CCC(C2)N3C(=O)Nc2cc(OC[C@H]3COC(C)(C)O3)ccn2)ccn1. The van der Waals surface area contributed by atoms with Crippen LogP contribution in [0, 0.1) is 6.92 Å². The highest BCUT2D eigenvalue weighted by Crippen LogP contribution is 2.43. The molecule has 11 heteroatoms. The standard InChI is InChI=1S/C27H29ClN6O4/c1-16-10-17(4-7-29-16)24-21(28)12-22-25(32-24)34(18-6-9-33(22)13-18)26(35)31-23-11-19(5-8-30-23)36-14-20-15-37-27(2,3)38-20/h4-5,7-8,10-12,18,20H,6,9,13-15H2,1-3H3,(H,30,31,35)/t18?,20-/m0/s1. The van der Waals surface area contributed by atoms with Crippen molar-refractivity contribution in [1.82, 2.24) is 15.0 Å². The van der Waals surface area contributed by atoms with Gasteiger partial charge in [-0.05, 0) is 51.5 Å². The fraction of sp³-hybridized carbons (Fsp3) is 0.407. The number of ether oxygens (including phenoxy) is 3. The predicted molar refractivity (Wildman–Crippen MR) is 144 cm³/mol. The molecule has 2 atom stereocenters.